The molecule has 0 atom stereocenters. The molecular formula is C25H23N3O2S. The number of aromatic nitrogens is 2. The molecule has 0 spiro atoms. The van der Waals surface area contributed by atoms with Crippen LogP contribution in [-0.4, -0.2) is 21.2 Å². The Bertz CT molecular complexity index is 1280. The molecule has 1 amide bonds. The predicted octanol–water partition coefficient (Wildman–Crippen LogP) is 5.12. The van der Waals surface area contributed by atoms with Gasteiger partial charge in [0.15, 0.2) is 5.16 Å². The highest BCUT2D eigenvalue weighted by atomic mass is 32.2. The number of carbonyl (C=O) groups is 1. The number of aryl methyl sites for hydroxylation is 2. The first kappa shape index (κ1) is 20.9. The van der Waals surface area contributed by atoms with Gasteiger partial charge in [0.05, 0.1) is 16.6 Å². The SMILES string of the molecule is Cc1cc(C)cc(NC(=O)CCSc2nc3ccccc3c(=O)n2-c2ccccc2)c1. The molecule has 0 unspecified atom stereocenters. The molecule has 156 valence electrons. The smallest absolute Gasteiger partial charge is 0.266 e. The van der Waals surface area contributed by atoms with Crippen LogP contribution >= 0.6 is 11.8 Å². The number of nitrogens with zero attached hydrogens (tertiary/aromatic N) is 2. The Morgan fingerprint density at radius 3 is 2.39 bits per heavy atom. The topological polar surface area (TPSA) is 64.0 Å². The third-order valence-electron chi connectivity index (χ3n) is 4.83. The minimum atomic E-state index is -0.112. The van der Waals surface area contributed by atoms with Gasteiger partial charge in [-0.15, -0.1) is 0 Å². The molecule has 0 fully saturated rings. The summed E-state index contributed by atoms with van der Waals surface area (Å²) in [6, 6.07) is 22.8. The minimum absolute atomic E-state index is 0.0631. The van der Waals surface area contributed by atoms with Gasteiger partial charge in [-0.2, -0.15) is 0 Å². The summed E-state index contributed by atoms with van der Waals surface area (Å²) < 4.78 is 1.62. The molecule has 3 aromatic carbocycles. The molecule has 0 aliphatic carbocycles. The summed E-state index contributed by atoms with van der Waals surface area (Å²) in [7, 11) is 0. The van der Waals surface area contributed by atoms with E-state index >= 15 is 0 Å². The number of rotatable bonds is 6. The van der Waals surface area contributed by atoms with Gasteiger partial charge < -0.3 is 5.32 Å². The van der Waals surface area contributed by atoms with Crippen molar-refractivity contribution in [2.45, 2.75) is 25.4 Å². The summed E-state index contributed by atoms with van der Waals surface area (Å²) in [4.78, 5) is 30.3. The molecule has 31 heavy (non-hydrogen) atoms. The van der Waals surface area contributed by atoms with E-state index < -0.39 is 0 Å². The second-order valence-corrected chi connectivity index (χ2v) is 8.47. The molecule has 0 saturated carbocycles. The lowest BCUT2D eigenvalue weighted by Crippen LogP contribution is -2.22. The number of para-hydroxylation sites is 2. The summed E-state index contributed by atoms with van der Waals surface area (Å²) in [5.41, 5.74) is 4.32. The third-order valence-corrected chi connectivity index (χ3v) is 5.77. The van der Waals surface area contributed by atoms with E-state index in [9.17, 15) is 9.59 Å². The van der Waals surface area contributed by atoms with Crippen molar-refractivity contribution >= 4 is 34.3 Å². The number of amides is 1. The highest BCUT2D eigenvalue weighted by Crippen LogP contribution is 2.22. The van der Waals surface area contributed by atoms with E-state index in [4.69, 9.17) is 4.98 Å². The molecular weight excluding hydrogens is 406 g/mol. The van der Waals surface area contributed by atoms with Gasteiger partial charge in [-0.3, -0.25) is 14.2 Å². The highest BCUT2D eigenvalue weighted by molar-refractivity contribution is 7.99. The maximum absolute atomic E-state index is 13.2. The van der Waals surface area contributed by atoms with Gasteiger partial charge in [-0.25, -0.2) is 4.98 Å². The lowest BCUT2D eigenvalue weighted by atomic mass is 10.1. The quantitative estimate of drug-likeness (QED) is 0.341. The number of carbonyl (C=O) groups excluding carboxylic acids is 1. The summed E-state index contributed by atoms with van der Waals surface area (Å²) >= 11 is 1.41. The molecule has 0 bridgehead atoms. The van der Waals surface area contributed by atoms with E-state index in [1.165, 1.54) is 11.8 Å². The number of fused-ring (bicyclic) bond motifs is 1. The molecule has 0 radical (unpaired) electrons. The Hall–Kier alpha value is -3.38. The fourth-order valence-corrected chi connectivity index (χ4v) is 4.47. The first-order valence-electron chi connectivity index (χ1n) is 10.1. The zero-order valence-electron chi connectivity index (χ0n) is 17.5. The number of hydrogen-bond donors (Lipinski definition) is 1. The van der Waals surface area contributed by atoms with Gasteiger partial charge >= 0.3 is 0 Å². The van der Waals surface area contributed by atoms with Crippen LogP contribution < -0.4 is 10.9 Å². The van der Waals surface area contributed by atoms with Crippen molar-refractivity contribution in [1.82, 2.24) is 9.55 Å². The number of anilines is 1. The Labute approximate surface area is 185 Å². The van der Waals surface area contributed by atoms with Crippen LogP contribution in [0.2, 0.25) is 0 Å². The van der Waals surface area contributed by atoms with Crippen molar-refractivity contribution in [2.75, 3.05) is 11.1 Å². The summed E-state index contributed by atoms with van der Waals surface area (Å²) in [5, 5.41) is 4.11. The number of nitrogens with one attached hydrogen (secondary N) is 1. The van der Waals surface area contributed by atoms with E-state index in [2.05, 4.69) is 11.4 Å². The largest absolute Gasteiger partial charge is 0.326 e. The van der Waals surface area contributed by atoms with Gasteiger partial charge in [0, 0.05) is 17.9 Å². The van der Waals surface area contributed by atoms with Crippen LogP contribution in [0.3, 0.4) is 0 Å². The van der Waals surface area contributed by atoms with Crippen molar-refractivity contribution in [1.29, 1.82) is 0 Å². The fraction of sp³-hybridized carbons (Fsp3) is 0.160. The van der Waals surface area contributed by atoms with Crippen molar-refractivity contribution in [3.05, 3.63) is 94.3 Å². The Balaban J connectivity index is 1.55. The Kier molecular flexibility index (Phi) is 6.18. The highest BCUT2D eigenvalue weighted by Gasteiger charge is 2.14. The van der Waals surface area contributed by atoms with E-state index in [0.29, 0.717) is 28.2 Å². The molecule has 6 heteroatoms. The molecule has 1 aromatic heterocycles. The molecule has 4 aromatic rings. The number of hydrogen-bond acceptors (Lipinski definition) is 4. The minimum Gasteiger partial charge on any atom is -0.326 e. The molecule has 1 N–H and O–H groups in total. The van der Waals surface area contributed by atoms with Crippen LogP contribution in [-0.2, 0) is 4.79 Å². The van der Waals surface area contributed by atoms with Gasteiger partial charge in [-0.1, -0.05) is 48.2 Å². The van der Waals surface area contributed by atoms with Crippen LogP contribution in [0, 0.1) is 13.8 Å². The van der Waals surface area contributed by atoms with Crippen molar-refractivity contribution < 1.29 is 4.79 Å². The van der Waals surface area contributed by atoms with Gasteiger partial charge in [0.2, 0.25) is 5.91 Å². The molecule has 0 saturated heterocycles. The zero-order chi connectivity index (χ0) is 21.8. The lowest BCUT2D eigenvalue weighted by Gasteiger charge is -2.13. The number of thioether (sulfide) groups is 1. The molecule has 4 rings (SSSR count). The summed E-state index contributed by atoms with van der Waals surface area (Å²) in [5.74, 6) is 0.445. The third kappa shape index (κ3) is 4.86. The molecule has 0 aliphatic heterocycles. The van der Waals surface area contributed by atoms with Crippen molar-refractivity contribution in [2.24, 2.45) is 0 Å². The molecule has 1 heterocycles. The van der Waals surface area contributed by atoms with Crippen LogP contribution in [0.15, 0.2) is 82.7 Å². The standard InChI is InChI=1S/C25H23N3O2S/c1-17-14-18(2)16-19(15-17)26-23(29)12-13-31-25-27-22-11-7-6-10-21(22)24(30)28(25)20-8-4-3-5-9-20/h3-11,14-16H,12-13H2,1-2H3,(H,26,29). The van der Waals surface area contributed by atoms with Gasteiger partial charge in [0.1, 0.15) is 0 Å². The van der Waals surface area contributed by atoms with Crippen molar-refractivity contribution in [3.63, 3.8) is 0 Å². The van der Waals surface area contributed by atoms with E-state index in [-0.39, 0.29) is 11.5 Å². The zero-order valence-corrected chi connectivity index (χ0v) is 18.3. The summed E-state index contributed by atoms with van der Waals surface area (Å²) in [6.07, 6.45) is 0.315. The first-order valence-corrected chi connectivity index (χ1v) is 11.1. The van der Waals surface area contributed by atoms with Crippen LogP contribution in [0.4, 0.5) is 5.69 Å². The number of benzene rings is 3. The fourth-order valence-electron chi connectivity index (χ4n) is 3.52. The maximum Gasteiger partial charge on any atom is 0.266 e. The second kappa shape index (κ2) is 9.18. The average molecular weight is 430 g/mol. The van der Waals surface area contributed by atoms with Crippen LogP contribution in [0.5, 0.6) is 0 Å². The first-order chi connectivity index (χ1) is 15.0. The Morgan fingerprint density at radius 1 is 0.968 bits per heavy atom. The maximum atomic E-state index is 13.2. The van der Waals surface area contributed by atoms with Crippen LogP contribution in [0.25, 0.3) is 16.6 Å². The van der Waals surface area contributed by atoms with E-state index in [1.54, 1.807) is 10.6 Å². The van der Waals surface area contributed by atoms with Crippen LogP contribution in [0.1, 0.15) is 17.5 Å². The van der Waals surface area contributed by atoms with Crippen molar-refractivity contribution in [3.8, 4) is 5.69 Å². The lowest BCUT2D eigenvalue weighted by molar-refractivity contribution is -0.115. The second-order valence-electron chi connectivity index (χ2n) is 7.41. The summed E-state index contributed by atoms with van der Waals surface area (Å²) in [6.45, 7) is 4.01. The average Bonchev–Trinajstić information content (AvgIpc) is 2.74. The molecule has 5 nitrogen and oxygen atoms in total. The van der Waals surface area contributed by atoms with Gasteiger partial charge in [-0.05, 0) is 61.4 Å². The monoisotopic (exact) mass is 429 g/mol. The van der Waals surface area contributed by atoms with E-state index in [0.717, 1.165) is 22.5 Å². The normalized spacial score (nSPS) is 10.9. The Morgan fingerprint density at radius 2 is 1.65 bits per heavy atom. The molecule has 0 aliphatic rings. The predicted molar refractivity (Wildman–Crippen MR) is 127 cm³/mol. The van der Waals surface area contributed by atoms with Gasteiger partial charge in [0.25, 0.3) is 5.56 Å². The van der Waals surface area contributed by atoms with E-state index in [1.807, 2.05) is 74.5 Å².